The van der Waals surface area contributed by atoms with E-state index in [0.717, 1.165) is 44.8 Å². The van der Waals surface area contributed by atoms with Crippen molar-refractivity contribution in [1.82, 2.24) is 20.3 Å². The molecule has 0 radical (unpaired) electrons. The standard InChI is InChI=1S/C13H26N4O/c1-5-8-18-9-6-7-14-10-12-11-17(16-15-12)13(2,3)4/h11,14H,5-10H2,1-4H3. The lowest BCUT2D eigenvalue weighted by Gasteiger charge is -2.17. The Morgan fingerprint density at radius 2 is 2.11 bits per heavy atom. The molecule has 104 valence electrons. The minimum Gasteiger partial charge on any atom is -0.381 e. The maximum Gasteiger partial charge on any atom is 0.0965 e. The molecule has 0 aliphatic heterocycles. The number of rotatable bonds is 8. The molecule has 0 amide bonds. The van der Waals surface area contributed by atoms with Crippen molar-refractivity contribution in [3.63, 3.8) is 0 Å². The number of ether oxygens (including phenoxy) is 1. The van der Waals surface area contributed by atoms with Crippen LogP contribution >= 0.6 is 0 Å². The molecule has 0 bridgehead atoms. The molecule has 0 fully saturated rings. The van der Waals surface area contributed by atoms with Gasteiger partial charge in [-0.25, -0.2) is 4.68 Å². The molecule has 1 rings (SSSR count). The molecule has 0 aliphatic rings. The van der Waals surface area contributed by atoms with Crippen molar-refractivity contribution >= 4 is 0 Å². The Hall–Kier alpha value is -0.940. The molecule has 0 spiro atoms. The highest BCUT2D eigenvalue weighted by Gasteiger charge is 2.14. The van der Waals surface area contributed by atoms with Gasteiger partial charge in [0.25, 0.3) is 0 Å². The second-order valence-corrected chi connectivity index (χ2v) is 5.47. The van der Waals surface area contributed by atoms with E-state index in [-0.39, 0.29) is 5.54 Å². The molecule has 1 aromatic rings. The van der Waals surface area contributed by atoms with Crippen molar-refractivity contribution in [3.8, 4) is 0 Å². The minimum absolute atomic E-state index is 0.000751. The van der Waals surface area contributed by atoms with Crippen LogP contribution in [0.2, 0.25) is 0 Å². The van der Waals surface area contributed by atoms with Crippen molar-refractivity contribution in [1.29, 1.82) is 0 Å². The predicted octanol–water partition coefficient (Wildman–Crippen LogP) is 1.94. The van der Waals surface area contributed by atoms with Gasteiger partial charge < -0.3 is 10.1 Å². The molecule has 5 heteroatoms. The molecular formula is C13H26N4O. The first-order chi connectivity index (χ1) is 8.54. The van der Waals surface area contributed by atoms with Crippen LogP contribution in [0.4, 0.5) is 0 Å². The van der Waals surface area contributed by atoms with Gasteiger partial charge in [-0.2, -0.15) is 0 Å². The van der Waals surface area contributed by atoms with Gasteiger partial charge in [-0.3, -0.25) is 0 Å². The van der Waals surface area contributed by atoms with E-state index in [1.807, 2.05) is 10.9 Å². The fourth-order valence-corrected chi connectivity index (χ4v) is 1.47. The summed E-state index contributed by atoms with van der Waals surface area (Å²) >= 11 is 0. The average molecular weight is 254 g/mol. The Kier molecular flexibility index (Phi) is 6.29. The number of nitrogens with one attached hydrogen (secondary N) is 1. The lowest BCUT2D eigenvalue weighted by Crippen LogP contribution is -2.22. The highest BCUT2D eigenvalue weighted by molar-refractivity contribution is 4.93. The number of hydrogen-bond donors (Lipinski definition) is 1. The minimum atomic E-state index is -0.000751. The Morgan fingerprint density at radius 3 is 2.72 bits per heavy atom. The third-order valence-corrected chi connectivity index (χ3v) is 2.52. The van der Waals surface area contributed by atoms with Crippen LogP contribution in [0.3, 0.4) is 0 Å². The zero-order valence-corrected chi connectivity index (χ0v) is 12.1. The molecule has 0 atom stereocenters. The third kappa shape index (κ3) is 5.60. The molecule has 0 saturated carbocycles. The Bertz CT molecular complexity index is 330. The quantitative estimate of drug-likeness (QED) is 0.720. The van der Waals surface area contributed by atoms with E-state index in [4.69, 9.17) is 4.74 Å². The first kappa shape index (κ1) is 15.1. The average Bonchev–Trinajstić information content (AvgIpc) is 2.76. The van der Waals surface area contributed by atoms with E-state index >= 15 is 0 Å². The normalized spacial score (nSPS) is 12.0. The lowest BCUT2D eigenvalue weighted by molar-refractivity contribution is 0.132. The van der Waals surface area contributed by atoms with E-state index in [1.165, 1.54) is 0 Å². The largest absolute Gasteiger partial charge is 0.381 e. The van der Waals surface area contributed by atoms with Crippen molar-refractivity contribution < 1.29 is 4.74 Å². The van der Waals surface area contributed by atoms with Crippen molar-refractivity contribution in [2.24, 2.45) is 0 Å². The van der Waals surface area contributed by atoms with Crippen LogP contribution in [0.5, 0.6) is 0 Å². The first-order valence-electron chi connectivity index (χ1n) is 6.74. The number of aromatic nitrogens is 3. The molecule has 5 nitrogen and oxygen atoms in total. The molecule has 1 N–H and O–H groups in total. The maximum absolute atomic E-state index is 5.41. The SMILES string of the molecule is CCCOCCCNCc1cn(C(C)(C)C)nn1. The molecule has 0 aliphatic carbocycles. The topological polar surface area (TPSA) is 52.0 Å². The Morgan fingerprint density at radius 1 is 1.33 bits per heavy atom. The van der Waals surface area contributed by atoms with Gasteiger partial charge in [0, 0.05) is 19.8 Å². The summed E-state index contributed by atoms with van der Waals surface area (Å²) in [5.41, 5.74) is 0.985. The van der Waals surface area contributed by atoms with Crippen molar-refractivity contribution in [2.45, 2.75) is 52.6 Å². The van der Waals surface area contributed by atoms with Crippen molar-refractivity contribution in [2.75, 3.05) is 19.8 Å². The zero-order valence-electron chi connectivity index (χ0n) is 12.1. The monoisotopic (exact) mass is 254 g/mol. The summed E-state index contributed by atoms with van der Waals surface area (Å²) in [5, 5.41) is 11.6. The lowest BCUT2D eigenvalue weighted by atomic mass is 10.1. The molecule has 0 unspecified atom stereocenters. The second-order valence-electron chi connectivity index (χ2n) is 5.47. The van der Waals surface area contributed by atoms with Crippen LogP contribution in [-0.4, -0.2) is 34.8 Å². The van der Waals surface area contributed by atoms with Gasteiger partial charge in [-0.05, 0) is 40.2 Å². The van der Waals surface area contributed by atoms with E-state index in [1.54, 1.807) is 0 Å². The molecular weight excluding hydrogens is 228 g/mol. The van der Waals surface area contributed by atoms with Gasteiger partial charge in [0.05, 0.1) is 17.4 Å². The third-order valence-electron chi connectivity index (χ3n) is 2.52. The van der Waals surface area contributed by atoms with Crippen LogP contribution in [0.15, 0.2) is 6.20 Å². The highest BCUT2D eigenvalue weighted by atomic mass is 16.5. The van der Waals surface area contributed by atoms with E-state index in [9.17, 15) is 0 Å². The fourth-order valence-electron chi connectivity index (χ4n) is 1.47. The van der Waals surface area contributed by atoms with E-state index in [0.29, 0.717) is 0 Å². The first-order valence-corrected chi connectivity index (χ1v) is 6.74. The van der Waals surface area contributed by atoms with Crippen molar-refractivity contribution in [3.05, 3.63) is 11.9 Å². The van der Waals surface area contributed by atoms with Crippen LogP contribution < -0.4 is 5.32 Å². The highest BCUT2D eigenvalue weighted by Crippen LogP contribution is 2.11. The Balaban J connectivity index is 2.14. The van der Waals surface area contributed by atoms with Gasteiger partial charge in [0.2, 0.25) is 0 Å². The molecule has 18 heavy (non-hydrogen) atoms. The van der Waals surface area contributed by atoms with Crippen LogP contribution in [0, 0.1) is 0 Å². The molecule has 1 heterocycles. The van der Waals surface area contributed by atoms with E-state index < -0.39 is 0 Å². The van der Waals surface area contributed by atoms with Gasteiger partial charge in [0.15, 0.2) is 0 Å². The van der Waals surface area contributed by atoms with E-state index in [2.05, 4.69) is 43.3 Å². The second kappa shape index (κ2) is 7.48. The summed E-state index contributed by atoms with van der Waals surface area (Å²) in [6.45, 7) is 11.9. The molecule has 0 aromatic carbocycles. The summed E-state index contributed by atoms with van der Waals surface area (Å²) in [6.07, 6.45) is 4.12. The Labute approximate surface area is 110 Å². The zero-order chi connectivity index (χ0) is 13.4. The maximum atomic E-state index is 5.41. The van der Waals surface area contributed by atoms with Gasteiger partial charge in [0.1, 0.15) is 0 Å². The smallest absolute Gasteiger partial charge is 0.0965 e. The van der Waals surface area contributed by atoms with Crippen LogP contribution in [-0.2, 0) is 16.8 Å². The summed E-state index contributed by atoms with van der Waals surface area (Å²) < 4.78 is 7.31. The summed E-state index contributed by atoms with van der Waals surface area (Å²) in [5.74, 6) is 0. The number of hydrogen-bond acceptors (Lipinski definition) is 4. The molecule has 1 aromatic heterocycles. The van der Waals surface area contributed by atoms with Gasteiger partial charge >= 0.3 is 0 Å². The summed E-state index contributed by atoms with van der Waals surface area (Å²) in [4.78, 5) is 0. The van der Waals surface area contributed by atoms with Gasteiger partial charge in [-0.1, -0.05) is 12.1 Å². The summed E-state index contributed by atoms with van der Waals surface area (Å²) in [7, 11) is 0. The predicted molar refractivity (Wildman–Crippen MR) is 72.5 cm³/mol. The van der Waals surface area contributed by atoms with Crippen LogP contribution in [0.25, 0.3) is 0 Å². The molecule has 0 saturated heterocycles. The summed E-state index contributed by atoms with van der Waals surface area (Å²) in [6, 6.07) is 0. The van der Waals surface area contributed by atoms with Gasteiger partial charge in [-0.15, -0.1) is 5.10 Å². The number of nitrogens with zero attached hydrogens (tertiary/aromatic N) is 3. The van der Waals surface area contributed by atoms with Crippen LogP contribution in [0.1, 0.15) is 46.2 Å². The fraction of sp³-hybridized carbons (Fsp3) is 0.846.